The zero-order valence-corrected chi connectivity index (χ0v) is 15.2. The summed E-state index contributed by atoms with van der Waals surface area (Å²) >= 11 is 0. The highest BCUT2D eigenvalue weighted by molar-refractivity contribution is 6.12. The Morgan fingerprint density at radius 1 is 1.00 bits per heavy atom. The van der Waals surface area contributed by atoms with E-state index < -0.39 is 17.9 Å². The Kier molecular flexibility index (Phi) is 3.21. The standard InChI is InChI=1S/C22H16N2O5/c25-20(12-5-6-14-15(9-12)29-10-28-14)19-17-16(21(26)23-22(17)27)18-13-4-2-1-3-11(13)7-8-24(18)19/h1-9,16-19H,10H2,(H,23,26,27)/t16-,17-,18-,19+/m1/s1. The first-order valence-corrected chi connectivity index (χ1v) is 9.46. The summed E-state index contributed by atoms with van der Waals surface area (Å²) in [6, 6.07) is 11.7. The highest BCUT2D eigenvalue weighted by Crippen LogP contribution is 2.51. The van der Waals surface area contributed by atoms with Crippen LogP contribution in [0.25, 0.3) is 6.08 Å². The highest BCUT2D eigenvalue weighted by atomic mass is 16.7. The molecule has 0 bridgehead atoms. The molecule has 0 radical (unpaired) electrons. The summed E-state index contributed by atoms with van der Waals surface area (Å²) in [6.45, 7) is 0.117. The van der Waals surface area contributed by atoms with Crippen LogP contribution in [0.2, 0.25) is 0 Å². The number of ether oxygens (including phenoxy) is 2. The Balaban J connectivity index is 1.47. The molecule has 0 aliphatic carbocycles. The lowest BCUT2D eigenvalue weighted by Gasteiger charge is -2.34. The molecule has 2 aromatic carbocycles. The van der Waals surface area contributed by atoms with Gasteiger partial charge in [-0.2, -0.15) is 0 Å². The quantitative estimate of drug-likeness (QED) is 0.625. The molecule has 2 amide bonds. The van der Waals surface area contributed by atoms with Crippen molar-refractivity contribution < 1.29 is 23.9 Å². The fraction of sp³-hybridized carbons (Fsp3) is 0.227. The van der Waals surface area contributed by atoms with Gasteiger partial charge in [-0.05, 0) is 35.4 Å². The molecule has 7 heteroatoms. The number of carbonyl (C=O) groups excluding carboxylic acids is 3. The summed E-state index contributed by atoms with van der Waals surface area (Å²) in [5, 5.41) is 2.44. The number of benzene rings is 2. The molecule has 0 unspecified atom stereocenters. The minimum atomic E-state index is -0.763. The van der Waals surface area contributed by atoms with Crippen LogP contribution in [0.3, 0.4) is 0 Å². The van der Waals surface area contributed by atoms with Crippen LogP contribution in [0.5, 0.6) is 11.5 Å². The van der Waals surface area contributed by atoms with Gasteiger partial charge in [0.2, 0.25) is 18.6 Å². The number of imide groups is 1. The van der Waals surface area contributed by atoms with Crippen molar-refractivity contribution in [1.82, 2.24) is 10.2 Å². The minimum absolute atomic E-state index is 0.117. The largest absolute Gasteiger partial charge is 0.454 e. The van der Waals surface area contributed by atoms with Gasteiger partial charge in [-0.25, -0.2) is 0 Å². The van der Waals surface area contributed by atoms with E-state index in [0.717, 1.165) is 11.1 Å². The average molecular weight is 388 g/mol. The molecule has 6 rings (SSSR count). The van der Waals surface area contributed by atoms with E-state index in [9.17, 15) is 14.4 Å². The fourth-order valence-electron chi connectivity index (χ4n) is 4.99. The number of hydrogen-bond acceptors (Lipinski definition) is 6. The van der Waals surface area contributed by atoms with Crippen molar-refractivity contribution in [2.45, 2.75) is 12.1 Å². The SMILES string of the molecule is O=C1NC(=O)[C@@H]2[C@@H]1[C@@H](C(=O)c1ccc3c(c1)OCO3)N1C=Cc3ccccc3[C@H]21. The van der Waals surface area contributed by atoms with Crippen LogP contribution in [0.4, 0.5) is 0 Å². The van der Waals surface area contributed by atoms with Gasteiger partial charge in [0.25, 0.3) is 0 Å². The monoisotopic (exact) mass is 388 g/mol. The van der Waals surface area contributed by atoms with Gasteiger partial charge < -0.3 is 14.4 Å². The predicted molar refractivity (Wildman–Crippen MR) is 101 cm³/mol. The summed E-state index contributed by atoms with van der Waals surface area (Å²) in [5.74, 6) is -1.16. The van der Waals surface area contributed by atoms with E-state index in [1.165, 1.54) is 0 Å². The molecule has 0 aromatic heterocycles. The Morgan fingerprint density at radius 3 is 2.69 bits per heavy atom. The van der Waals surface area contributed by atoms with E-state index in [1.54, 1.807) is 18.2 Å². The maximum Gasteiger partial charge on any atom is 0.233 e. The van der Waals surface area contributed by atoms with Crippen molar-refractivity contribution in [3.8, 4) is 11.5 Å². The lowest BCUT2D eigenvalue weighted by Crippen LogP contribution is -2.42. The average Bonchev–Trinajstić information content (AvgIpc) is 3.41. The third-order valence-corrected chi connectivity index (χ3v) is 6.23. The van der Waals surface area contributed by atoms with Crippen molar-refractivity contribution in [1.29, 1.82) is 0 Å². The van der Waals surface area contributed by atoms with Crippen LogP contribution < -0.4 is 14.8 Å². The maximum absolute atomic E-state index is 13.5. The third-order valence-electron chi connectivity index (χ3n) is 6.23. The number of amides is 2. The summed E-state index contributed by atoms with van der Waals surface area (Å²) in [6.07, 6.45) is 3.76. The van der Waals surface area contributed by atoms with Gasteiger partial charge in [0.05, 0.1) is 17.9 Å². The van der Waals surface area contributed by atoms with Crippen LogP contribution in [0, 0.1) is 11.8 Å². The maximum atomic E-state index is 13.5. The molecule has 2 aromatic rings. The van der Waals surface area contributed by atoms with Gasteiger partial charge in [-0.3, -0.25) is 19.7 Å². The van der Waals surface area contributed by atoms with E-state index in [2.05, 4.69) is 5.32 Å². The first kappa shape index (κ1) is 16.4. The topological polar surface area (TPSA) is 84.9 Å². The first-order valence-electron chi connectivity index (χ1n) is 9.46. The van der Waals surface area contributed by atoms with E-state index in [4.69, 9.17) is 9.47 Å². The number of nitrogens with zero attached hydrogens (tertiary/aromatic N) is 1. The molecule has 0 saturated carbocycles. The number of rotatable bonds is 2. The number of fused-ring (bicyclic) bond motifs is 6. The molecule has 4 atom stereocenters. The second-order valence-electron chi connectivity index (χ2n) is 7.62. The Hall–Kier alpha value is -3.61. The molecule has 2 saturated heterocycles. The molecule has 4 heterocycles. The van der Waals surface area contributed by atoms with E-state index in [0.29, 0.717) is 17.1 Å². The minimum Gasteiger partial charge on any atom is -0.454 e. The number of ketones is 1. The summed E-state index contributed by atoms with van der Waals surface area (Å²) in [4.78, 5) is 40.8. The van der Waals surface area contributed by atoms with Crippen LogP contribution in [-0.4, -0.2) is 35.3 Å². The predicted octanol–water partition coefficient (Wildman–Crippen LogP) is 1.90. The number of Topliss-reactive ketones (excluding diaryl/α,β-unsaturated/α-hetero) is 1. The van der Waals surface area contributed by atoms with Crippen LogP contribution >= 0.6 is 0 Å². The number of nitrogens with one attached hydrogen (secondary N) is 1. The van der Waals surface area contributed by atoms with Crippen LogP contribution in [0.1, 0.15) is 27.5 Å². The third kappa shape index (κ3) is 2.15. The molecule has 7 nitrogen and oxygen atoms in total. The molecule has 4 aliphatic heterocycles. The summed E-state index contributed by atoms with van der Waals surface area (Å²) in [5.41, 5.74) is 2.38. The van der Waals surface area contributed by atoms with Gasteiger partial charge in [-0.15, -0.1) is 0 Å². The van der Waals surface area contributed by atoms with Gasteiger partial charge in [-0.1, -0.05) is 24.3 Å². The van der Waals surface area contributed by atoms with Gasteiger partial charge >= 0.3 is 0 Å². The molecule has 4 aliphatic rings. The van der Waals surface area contributed by atoms with Crippen LogP contribution in [-0.2, 0) is 9.59 Å². The van der Waals surface area contributed by atoms with Crippen molar-refractivity contribution >= 4 is 23.7 Å². The molecular formula is C22H16N2O5. The van der Waals surface area contributed by atoms with E-state index in [-0.39, 0.29) is 30.4 Å². The Labute approximate surface area is 165 Å². The van der Waals surface area contributed by atoms with Crippen LogP contribution in [0.15, 0.2) is 48.7 Å². The number of hydrogen-bond donors (Lipinski definition) is 1. The molecule has 2 fully saturated rings. The van der Waals surface area contributed by atoms with Crippen molar-refractivity contribution in [3.05, 3.63) is 65.4 Å². The van der Waals surface area contributed by atoms with E-state index >= 15 is 0 Å². The van der Waals surface area contributed by atoms with Gasteiger partial charge in [0.15, 0.2) is 17.3 Å². The Bertz CT molecular complexity index is 1120. The zero-order valence-electron chi connectivity index (χ0n) is 15.2. The normalized spacial score (nSPS) is 28.1. The van der Waals surface area contributed by atoms with Crippen molar-refractivity contribution in [2.75, 3.05) is 6.79 Å². The lowest BCUT2D eigenvalue weighted by atomic mass is 9.83. The first-order chi connectivity index (χ1) is 14.1. The highest BCUT2D eigenvalue weighted by Gasteiger charge is 2.61. The Morgan fingerprint density at radius 2 is 1.79 bits per heavy atom. The second-order valence-corrected chi connectivity index (χ2v) is 7.62. The fourth-order valence-corrected chi connectivity index (χ4v) is 4.99. The second kappa shape index (κ2) is 5.70. The number of carbonyl (C=O) groups is 3. The summed E-state index contributed by atoms with van der Waals surface area (Å²) < 4.78 is 10.7. The molecule has 1 N–H and O–H groups in total. The van der Waals surface area contributed by atoms with Gasteiger partial charge in [0, 0.05) is 11.8 Å². The lowest BCUT2D eigenvalue weighted by molar-refractivity contribution is -0.127. The van der Waals surface area contributed by atoms with Crippen molar-refractivity contribution in [3.63, 3.8) is 0 Å². The summed E-state index contributed by atoms with van der Waals surface area (Å²) in [7, 11) is 0. The smallest absolute Gasteiger partial charge is 0.233 e. The molecule has 29 heavy (non-hydrogen) atoms. The molecule has 0 spiro atoms. The molecule has 144 valence electrons. The van der Waals surface area contributed by atoms with Gasteiger partial charge in [0.1, 0.15) is 6.04 Å². The zero-order chi connectivity index (χ0) is 19.7. The molecular weight excluding hydrogens is 372 g/mol. The van der Waals surface area contributed by atoms with Crippen molar-refractivity contribution in [2.24, 2.45) is 11.8 Å². The van der Waals surface area contributed by atoms with E-state index in [1.807, 2.05) is 41.4 Å².